The van der Waals surface area contributed by atoms with Gasteiger partial charge in [-0.05, 0) is 156 Å². The summed E-state index contributed by atoms with van der Waals surface area (Å²) in [7, 11) is 0. The molecule has 342 valence electrons. The van der Waals surface area contributed by atoms with Gasteiger partial charge in [-0.1, -0.05) is 212 Å². The largest absolute Gasteiger partial charge is 0.310 e. The minimum absolute atomic E-state index is 0.533. The summed E-state index contributed by atoms with van der Waals surface area (Å²) in [6, 6.07) is 107. The second-order valence-corrected chi connectivity index (χ2v) is 19.3. The average Bonchev–Trinajstić information content (AvgIpc) is 3.98. The number of hydrogen-bond acceptors (Lipinski definition) is 1. The normalized spacial score (nSPS) is 12.5. The van der Waals surface area contributed by atoms with Crippen molar-refractivity contribution in [1.29, 1.82) is 0 Å². The lowest BCUT2D eigenvalue weighted by atomic mass is 9.67. The Labute approximate surface area is 426 Å². The molecule has 0 atom stereocenters. The first-order valence-electron chi connectivity index (χ1n) is 25.2. The predicted octanol–water partition coefficient (Wildman–Crippen LogP) is 18.8. The summed E-state index contributed by atoms with van der Waals surface area (Å²) in [6.45, 7) is 0. The molecule has 1 aliphatic carbocycles. The fourth-order valence-electron chi connectivity index (χ4n) is 11.9. The van der Waals surface area contributed by atoms with Crippen LogP contribution in [-0.2, 0) is 5.41 Å². The zero-order chi connectivity index (χ0) is 48.3. The second kappa shape index (κ2) is 17.4. The molecule has 1 aliphatic rings. The standard InChI is InChI=1S/C71H48N2/c1-5-19-49(20-6-1)53-35-36-55-46-61(39-37-54(55)44-53)72(62-40-41-64-63-31-13-15-33-67(63)71(68(64)48-62,57-24-7-2-8-25-57)58-26-9-3-10-27-58)60-30-18-23-52(45-60)50-21-17-22-51(43-50)56-38-42-70-66(47-56)65-32-14-16-34-69(65)73(70)59-28-11-4-12-29-59/h1-48H. The molecule has 12 aromatic carbocycles. The zero-order valence-electron chi connectivity index (χ0n) is 40.1. The smallest absolute Gasteiger partial charge is 0.0714 e. The van der Waals surface area contributed by atoms with Gasteiger partial charge in [0, 0.05) is 33.5 Å². The minimum atomic E-state index is -0.533. The van der Waals surface area contributed by atoms with Crippen LogP contribution in [0.4, 0.5) is 17.1 Å². The lowest BCUT2D eigenvalue weighted by Crippen LogP contribution is -2.28. The van der Waals surface area contributed by atoms with Crippen molar-refractivity contribution in [1.82, 2.24) is 4.57 Å². The number of hydrogen-bond donors (Lipinski definition) is 0. The van der Waals surface area contributed by atoms with E-state index in [0.717, 1.165) is 33.9 Å². The molecule has 0 saturated carbocycles. The maximum absolute atomic E-state index is 2.47. The molecular weight excluding hydrogens is 881 g/mol. The van der Waals surface area contributed by atoms with Crippen LogP contribution in [0.5, 0.6) is 0 Å². The van der Waals surface area contributed by atoms with Crippen molar-refractivity contribution in [2.45, 2.75) is 5.41 Å². The van der Waals surface area contributed by atoms with Gasteiger partial charge in [0.2, 0.25) is 0 Å². The first-order chi connectivity index (χ1) is 36.2. The molecule has 0 N–H and O–H groups in total. The Morgan fingerprint density at radius 1 is 0.274 bits per heavy atom. The van der Waals surface area contributed by atoms with Gasteiger partial charge >= 0.3 is 0 Å². The fraction of sp³-hybridized carbons (Fsp3) is 0.0141. The summed E-state index contributed by atoms with van der Waals surface area (Å²) in [4.78, 5) is 2.46. The molecule has 0 radical (unpaired) electrons. The quantitative estimate of drug-likeness (QED) is 0.140. The van der Waals surface area contributed by atoms with Crippen LogP contribution in [0.1, 0.15) is 22.3 Å². The van der Waals surface area contributed by atoms with E-state index in [1.54, 1.807) is 0 Å². The number of benzene rings is 12. The monoisotopic (exact) mass is 928 g/mol. The first-order valence-corrected chi connectivity index (χ1v) is 25.2. The van der Waals surface area contributed by atoms with Gasteiger partial charge in [-0.25, -0.2) is 0 Å². The van der Waals surface area contributed by atoms with E-state index in [0.29, 0.717) is 0 Å². The summed E-state index contributed by atoms with van der Waals surface area (Å²) in [5.74, 6) is 0. The number of fused-ring (bicyclic) bond motifs is 7. The van der Waals surface area contributed by atoms with Gasteiger partial charge in [-0.15, -0.1) is 0 Å². The Hall–Kier alpha value is -9.50. The van der Waals surface area contributed by atoms with Crippen molar-refractivity contribution < 1.29 is 0 Å². The van der Waals surface area contributed by atoms with Crippen LogP contribution >= 0.6 is 0 Å². The van der Waals surface area contributed by atoms with E-state index in [1.165, 1.54) is 88.2 Å². The third kappa shape index (κ3) is 7.02. The highest BCUT2D eigenvalue weighted by atomic mass is 15.1. The number of nitrogens with zero attached hydrogens (tertiary/aromatic N) is 2. The molecule has 13 aromatic rings. The van der Waals surface area contributed by atoms with E-state index in [1.807, 2.05) is 0 Å². The lowest BCUT2D eigenvalue weighted by Gasteiger charge is -2.35. The average molecular weight is 929 g/mol. The maximum Gasteiger partial charge on any atom is 0.0714 e. The molecule has 1 heterocycles. The molecule has 0 spiro atoms. The molecule has 0 aliphatic heterocycles. The highest BCUT2D eigenvalue weighted by Gasteiger charge is 2.46. The Morgan fingerprint density at radius 2 is 0.781 bits per heavy atom. The second-order valence-electron chi connectivity index (χ2n) is 19.3. The van der Waals surface area contributed by atoms with E-state index in [9.17, 15) is 0 Å². The topological polar surface area (TPSA) is 8.17 Å². The van der Waals surface area contributed by atoms with Crippen LogP contribution in [0.3, 0.4) is 0 Å². The van der Waals surface area contributed by atoms with Crippen LogP contribution in [0, 0.1) is 0 Å². The van der Waals surface area contributed by atoms with Crippen LogP contribution in [0.25, 0.3) is 82.8 Å². The van der Waals surface area contributed by atoms with Gasteiger partial charge in [0.1, 0.15) is 0 Å². The molecule has 0 unspecified atom stereocenters. The molecule has 2 heteroatoms. The number of aromatic nitrogens is 1. The van der Waals surface area contributed by atoms with Crippen LogP contribution < -0.4 is 4.90 Å². The number of rotatable bonds is 9. The molecule has 0 amide bonds. The molecule has 2 nitrogen and oxygen atoms in total. The fourth-order valence-corrected chi connectivity index (χ4v) is 11.9. The molecule has 0 bridgehead atoms. The molecule has 14 rings (SSSR count). The molecule has 1 aromatic heterocycles. The zero-order valence-corrected chi connectivity index (χ0v) is 40.1. The molecule has 73 heavy (non-hydrogen) atoms. The molecular formula is C71H48N2. The Balaban J connectivity index is 0.924. The summed E-state index contributed by atoms with van der Waals surface area (Å²) >= 11 is 0. The van der Waals surface area contributed by atoms with Gasteiger partial charge in [0.15, 0.2) is 0 Å². The van der Waals surface area contributed by atoms with E-state index in [2.05, 4.69) is 301 Å². The van der Waals surface area contributed by atoms with Gasteiger partial charge in [0.05, 0.1) is 16.4 Å². The van der Waals surface area contributed by atoms with Crippen LogP contribution in [0.15, 0.2) is 291 Å². The molecule has 0 fully saturated rings. The third-order valence-electron chi connectivity index (χ3n) is 15.2. The maximum atomic E-state index is 2.47. The van der Waals surface area contributed by atoms with E-state index in [-0.39, 0.29) is 0 Å². The molecule has 0 saturated heterocycles. The highest BCUT2D eigenvalue weighted by molar-refractivity contribution is 6.10. The van der Waals surface area contributed by atoms with Crippen LogP contribution in [0.2, 0.25) is 0 Å². The number of anilines is 3. The van der Waals surface area contributed by atoms with E-state index < -0.39 is 5.41 Å². The van der Waals surface area contributed by atoms with E-state index in [4.69, 9.17) is 0 Å². The van der Waals surface area contributed by atoms with E-state index >= 15 is 0 Å². The van der Waals surface area contributed by atoms with Crippen molar-refractivity contribution in [2.75, 3.05) is 4.90 Å². The summed E-state index contributed by atoms with van der Waals surface area (Å²) < 4.78 is 2.38. The highest BCUT2D eigenvalue weighted by Crippen LogP contribution is 2.57. The predicted molar refractivity (Wildman–Crippen MR) is 307 cm³/mol. The SMILES string of the molecule is c1ccc(-c2ccc3cc(N(c4cccc(-c5cccc(-c6ccc7c(c6)c6ccccc6n7-c6ccccc6)c5)c4)c4ccc5c(c4)C(c4ccccc4)(c4ccccc4)c4ccccc4-5)ccc3c2)cc1. The van der Waals surface area contributed by atoms with Crippen LogP contribution in [-0.4, -0.2) is 4.57 Å². The van der Waals surface area contributed by atoms with Gasteiger partial charge in [-0.2, -0.15) is 0 Å². The summed E-state index contributed by atoms with van der Waals surface area (Å²) in [6.07, 6.45) is 0. The first kappa shape index (κ1) is 42.4. The van der Waals surface area contributed by atoms with Crippen molar-refractivity contribution in [3.05, 3.63) is 313 Å². The van der Waals surface area contributed by atoms with Gasteiger partial charge in [-0.3, -0.25) is 0 Å². The van der Waals surface area contributed by atoms with Crippen molar-refractivity contribution in [3.8, 4) is 50.2 Å². The summed E-state index contributed by atoms with van der Waals surface area (Å²) in [5.41, 5.74) is 21.0. The Bertz CT molecular complexity index is 4150. The Kier molecular flexibility index (Phi) is 10.1. The minimum Gasteiger partial charge on any atom is -0.310 e. The Morgan fingerprint density at radius 3 is 1.55 bits per heavy atom. The summed E-state index contributed by atoms with van der Waals surface area (Å²) in [5, 5.41) is 4.88. The van der Waals surface area contributed by atoms with Crippen molar-refractivity contribution in [2.24, 2.45) is 0 Å². The lowest BCUT2D eigenvalue weighted by molar-refractivity contribution is 0.768. The van der Waals surface area contributed by atoms with Crippen molar-refractivity contribution in [3.63, 3.8) is 0 Å². The van der Waals surface area contributed by atoms with Gasteiger partial charge in [0.25, 0.3) is 0 Å². The number of para-hydroxylation sites is 2. The third-order valence-corrected chi connectivity index (χ3v) is 15.2. The van der Waals surface area contributed by atoms with Gasteiger partial charge < -0.3 is 9.47 Å². The van der Waals surface area contributed by atoms with Crippen molar-refractivity contribution >= 4 is 49.6 Å².